The fourth-order valence-electron chi connectivity index (χ4n) is 1.73. The van der Waals surface area contributed by atoms with Gasteiger partial charge >= 0.3 is 0 Å². The number of aliphatic hydroxyl groups is 1. The van der Waals surface area contributed by atoms with Crippen molar-refractivity contribution in [2.45, 2.75) is 51.9 Å². The molecule has 0 amide bonds. The van der Waals surface area contributed by atoms with Crippen LogP contribution in [0, 0.1) is 0 Å². The van der Waals surface area contributed by atoms with Crippen LogP contribution in [0.3, 0.4) is 0 Å². The van der Waals surface area contributed by atoms with Gasteiger partial charge in [-0.2, -0.15) is 0 Å². The zero-order valence-corrected chi connectivity index (χ0v) is 11.9. The standard InChI is InChI=1S/C15H24O3/c1-11(2)18-13-8-6-7-12(9-13)14(16)10-15(3,4)17-5/h6-9,11,14,16H,10H2,1-5H3. The van der Waals surface area contributed by atoms with E-state index in [-0.39, 0.29) is 11.7 Å². The summed E-state index contributed by atoms with van der Waals surface area (Å²) in [7, 11) is 1.66. The second-order valence-electron chi connectivity index (χ2n) is 5.42. The maximum absolute atomic E-state index is 10.2. The van der Waals surface area contributed by atoms with Crippen LogP contribution in [0.4, 0.5) is 0 Å². The molecule has 1 rings (SSSR count). The number of ether oxygens (including phenoxy) is 2. The molecule has 0 saturated carbocycles. The van der Waals surface area contributed by atoms with E-state index in [2.05, 4.69) is 0 Å². The Hall–Kier alpha value is -1.06. The maximum Gasteiger partial charge on any atom is 0.120 e. The largest absolute Gasteiger partial charge is 0.491 e. The number of methoxy groups -OCH3 is 1. The lowest BCUT2D eigenvalue weighted by Gasteiger charge is -2.26. The monoisotopic (exact) mass is 252 g/mol. The van der Waals surface area contributed by atoms with Crippen molar-refractivity contribution in [3.8, 4) is 5.75 Å². The van der Waals surface area contributed by atoms with Crippen molar-refractivity contribution in [1.29, 1.82) is 0 Å². The Morgan fingerprint density at radius 1 is 1.28 bits per heavy atom. The first-order chi connectivity index (χ1) is 8.34. The minimum atomic E-state index is -0.546. The van der Waals surface area contributed by atoms with Crippen LogP contribution in [-0.4, -0.2) is 23.9 Å². The van der Waals surface area contributed by atoms with E-state index in [1.807, 2.05) is 52.0 Å². The highest BCUT2D eigenvalue weighted by atomic mass is 16.5. The van der Waals surface area contributed by atoms with Crippen molar-refractivity contribution in [2.75, 3.05) is 7.11 Å². The van der Waals surface area contributed by atoms with Gasteiger partial charge < -0.3 is 14.6 Å². The molecule has 18 heavy (non-hydrogen) atoms. The highest BCUT2D eigenvalue weighted by molar-refractivity contribution is 5.30. The first-order valence-corrected chi connectivity index (χ1v) is 6.34. The molecule has 3 nitrogen and oxygen atoms in total. The van der Waals surface area contributed by atoms with Crippen LogP contribution in [0.1, 0.15) is 45.8 Å². The molecule has 3 heteroatoms. The molecule has 1 unspecified atom stereocenters. The van der Waals surface area contributed by atoms with Crippen molar-refractivity contribution in [2.24, 2.45) is 0 Å². The molecule has 0 aliphatic carbocycles. The summed E-state index contributed by atoms with van der Waals surface area (Å²) in [5.41, 5.74) is 0.521. The van der Waals surface area contributed by atoms with Crippen LogP contribution in [0.5, 0.6) is 5.75 Å². The Bertz CT molecular complexity index is 372. The third-order valence-corrected chi connectivity index (χ3v) is 2.85. The van der Waals surface area contributed by atoms with Crippen molar-refractivity contribution >= 4 is 0 Å². The first kappa shape index (κ1) is 15.0. The topological polar surface area (TPSA) is 38.7 Å². The molecule has 0 bridgehead atoms. The third kappa shape index (κ3) is 4.67. The van der Waals surface area contributed by atoms with Gasteiger partial charge in [0.2, 0.25) is 0 Å². The summed E-state index contributed by atoms with van der Waals surface area (Å²) in [6, 6.07) is 7.59. The van der Waals surface area contributed by atoms with Gasteiger partial charge in [-0.3, -0.25) is 0 Å². The van der Waals surface area contributed by atoms with Crippen molar-refractivity contribution in [3.05, 3.63) is 29.8 Å². The molecule has 0 saturated heterocycles. The van der Waals surface area contributed by atoms with E-state index < -0.39 is 6.10 Å². The highest BCUT2D eigenvalue weighted by Crippen LogP contribution is 2.28. The Morgan fingerprint density at radius 3 is 2.50 bits per heavy atom. The minimum absolute atomic E-state index is 0.132. The van der Waals surface area contributed by atoms with Gasteiger partial charge in [-0.15, -0.1) is 0 Å². The summed E-state index contributed by atoms with van der Waals surface area (Å²) >= 11 is 0. The minimum Gasteiger partial charge on any atom is -0.491 e. The summed E-state index contributed by atoms with van der Waals surface area (Å²) < 4.78 is 11.0. The Kier molecular flexibility index (Phi) is 5.17. The highest BCUT2D eigenvalue weighted by Gasteiger charge is 2.22. The molecule has 1 N–H and O–H groups in total. The Morgan fingerprint density at radius 2 is 1.94 bits per heavy atom. The van der Waals surface area contributed by atoms with E-state index in [0.717, 1.165) is 11.3 Å². The fourth-order valence-corrected chi connectivity index (χ4v) is 1.73. The molecule has 0 aliphatic heterocycles. The van der Waals surface area contributed by atoms with Gasteiger partial charge in [0.25, 0.3) is 0 Å². The van der Waals surface area contributed by atoms with E-state index in [4.69, 9.17) is 9.47 Å². The van der Waals surface area contributed by atoms with Gasteiger partial charge in [0, 0.05) is 13.5 Å². The zero-order chi connectivity index (χ0) is 13.8. The van der Waals surface area contributed by atoms with Crippen molar-refractivity contribution < 1.29 is 14.6 Å². The molecule has 0 aliphatic rings. The lowest BCUT2D eigenvalue weighted by atomic mass is 9.96. The molecule has 0 radical (unpaired) electrons. The van der Waals surface area contributed by atoms with E-state index >= 15 is 0 Å². The molecule has 0 fully saturated rings. The van der Waals surface area contributed by atoms with Crippen LogP contribution in [-0.2, 0) is 4.74 Å². The fraction of sp³-hybridized carbons (Fsp3) is 0.600. The molecular formula is C15H24O3. The summed E-state index contributed by atoms with van der Waals surface area (Å²) in [5.74, 6) is 0.789. The molecule has 1 aromatic rings. The Labute approximate surface area is 110 Å². The van der Waals surface area contributed by atoms with Gasteiger partial charge in [0.1, 0.15) is 5.75 Å². The lowest BCUT2D eigenvalue weighted by Crippen LogP contribution is -2.25. The van der Waals surface area contributed by atoms with Gasteiger partial charge in [-0.25, -0.2) is 0 Å². The summed E-state index contributed by atoms with van der Waals surface area (Å²) in [5, 5.41) is 10.2. The number of hydrogen-bond acceptors (Lipinski definition) is 3. The van der Waals surface area contributed by atoms with Gasteiger partial charge in [0.15, 0.2) is 0 Å². The lowest BCUT2D eigenvalue weighted by molar-refractivity contribution is -0.0201. The zero-order valence-electron chi connectivity index (χ0n) is 11.9. The van der Waals surface area contributed by atoms with Crippen LogP contribution in [0.2, 0.25) is 0 Å². The molecule has 1 atom stereocenters. The van der Waals surface area contributed by atoms with Crippen LogP contribution in [0.15, 0.2) is 24.3 Å². The SMILES string of the molecule is COC(C)(C)CC(O)c1cccc(OC(C)C)c1. The van der Waals surface area contributed by atoms with Gasteiger partial charge in [0.05, 0.1) is 17.8 Å². The van der Waals surface area contributed by atoms with Crippen molar-refractivity contribution in [3.63, 3.8) is 0 Å². The van der Waals surface area contributed by atoms with E-state index in [1.54, 1.807) is 7.11 Å². The molecule has 0 heterocycles. The molecule has 1 aromatic carbocycles. The van der Waals surface area contributed by atoms with Gasteiger partial charge in [-0.05, 0) is 45.4 Å². The first-order valence-electron chi connectivity index (χ1n) is 6.34. The third-order valence-electron chi connectivity index (χ3n) is 2.85. The van der Waals surface area contributed by atoms with Crippen LogP contribution >= 0.6 is 0 Å². The second kappa shape index (κ2) is 6.21. The maximum atomic E-state index is 10.2. The molecule has 0 aromatic heterocycles. The van der Waals surface area contributed by atoms with E-state index in [1.165, 1.54) is 0 Å². The number of benzene rings is 1. The van der Waals surface area contributed by atoms with Crippen LogP contribution < -0.4 is 4.74 Å². The quantitative estimate of drug-likeness (QED) is 0.844. The van der Waals surface area contributed by atoms with Crippen LogP contribution in [0.25, 0.3) is 0 Å². The number of aliphatic hydroxyl groups excluding tert-OH is 1. The average Bonchev–Trinajstić information content (AvgIpc) is 2.28. The molecular weight excluding hydrogens is 228 g/mol. The number of hydrogen-bond donors (Lipinski definition) is 1. The Balaban J connectivity index is 2.76. The summed E-state index contributed by atoms with van der Waals surface area (Å²) in [6.07, 6.45) is 0.137. The normalized spacial score (nSPS) is 13.7. The summed E-state index contributed by atoms with van der Waals surface area (Å²) in [6.45, 7) is 7.89. The summed E-state index contributed by atoms with van der Waals surface area (Å²) in [4.78, 5) is 0. The second-order valence-corrected chi connectivity index (χ2v) is 5.42. The van der Waals surface area contributed by atoms with Gasteiger partial charge in [-0.1, -0.05) is 12.1 Å². The predicted octanol–water partition coefficient (Wildman–Crippen LogP) is 3.32. The predicted molar refractivity (Wildman–Crippen MR) is 72.9 cm³/mol. The van der Waals surface area contributed by atoms with Crippen molar-refractivity contribution in [1.82, 2.24) is 0 Å². The molecule has 0 spiro atoms. The molecule has 102 valence electrons. The smallest absolute Gasteiger partial charge is 0.120 e. The number of rotatable bonds is 6. The average molecular weight is 252 g/mol. The van der Waals surface area contributed by atoms with E-state index in [0.29, 0.717) is 6.42 Å². The van der Waals surface area contributed by atoms with E-state index in [9.17, 15) is 5.11 Å².